The quantitative estimate of drug-likeness (QED) is 0.736. The SMILES string of the molecule is COCCN(CC(=O)N(C)C)C(=O)c1c(N)cnn1C. The molecule has 0 aliphatic rings. The lowest BCUT2D eigenvalue weighted by Crippen LogP contribution is -2.42. The summed E-state index contributed by atoms with van der Waals surface area (Å²) in [5.41, 5.74) is 6.30. The van der Waals surface area contributed by atoms with Gasteiger partial charge in [0.2, 0.25) is 5.91 Å². The zero-order valence-electron chi connectivity index (χ0n) is 12.3. The molecule has 0 aliphatic carbocycles. The molecule has 8 heteroatoms. The number of methoxy groups -OCH3 is 1. The number of carbonyl (C=O) groups excluding carboxylic acids is 2. The molecular weight excluding hydrogens is 262 g/mol. The molecule has 0 saturated carbocycles. The van der Waals surface area contributed by atoms with Gasteiger partial charge in [0.1, 0.15) is 12.2 Å². The molecule has 2 N–H and O–H groups in total. The molecule has 0 spiro atoms. The Hall–Kier alpha value is -2.09. The highest BCUT2D eigenvalue weighted by Gasteiger charge is 2.24. The fourth-order valence-corrected chi connectivity index (χ4v) is 1.62. The monoisotopic (exact) mass is 283 g/mol. The molecule has 0 aromatic carbocycles. The second-order valence-electron chi connectivity index (χ2n) is 4.58. The molecule has 2 amide bonds. The van der Waals surface area contributed by atoms with Crippen LogP contribution in [0.1, 0.15) is 10.5 Å². The van der Waals surface area contributed by atoms with Crippen molar-refractivity contribution in [3.8, 4) is 0 Å². The zero-order valence-corrected chi connectivity index (χ0v) is 12.3. The number of aromatic nitrogens is 2. The highest BCUT2D eigenvalue weighted by Crippen LogP contribution is 2.12. The van der Waals surface area contributed by atoms with E-state index in [0.717, 1.165) is 0 Å². The molecule has 1 aromatic heterocycles. The van der Waals surface area contributed by atoms with Gasteiger partial charge in [0, 0.05) is 34.8 Å². The van der Waals surface area contributed by atoms with Crippen molar-refractivity contribution >= 4 is 17.5 Å². The molecule has 0 bridgehead atoms. The number of rotatable bonds is 6. The van der Waals surface area contributed by atoms with E-state index >= 15 is 0 Å². The highest BCUT2D eigenvalue weighted by molar-refractivity contribution is 5.99. The molecular formula is C12H21N5O3. The number of carbonyl (C=O) groups is 2. The number of likely N-dealkylation sites (N-methyl/N-ethyl adjacent to an activating group) is 1. The minimum atomic E-state index is -0.338. The first-order valence-electron chi connectivity index (χ1n) is 6.14. The normalized spacial score (nSPS) is 10.4. The molecule has 1 rings (SSSR count). The zero-order chi connectivity index (χ0) is 15.3. The summed E-state index contributed by atoms with van der Waals surface area (Å²) in [6.07, 6.45) is 1.41. The summed E-state index contributed by atoms with van der Waals surface area (Å²) in [5, 5.41) is 3.93. The van der Waals surface area contributed by atoms with Crippen molar-refractivity contribution in [3.63, 3.8) is 0 Å². The fourth-order valence-electron chi connectivity index (χ4n) is 1.62. The Balaban J connectivity index is 2.92. The predicted molar refractivity (Wildman–Crippen MR) is 74.1 cm³/mol. The van der Waals surface area contributed by atoms with Gasteiger partial charge in [-0.25, -0.2) is 0 Å². The predicted octanol–water partition coefficient (Wildman–Crippen LogP) is -0.821. The lowest BCUT2D eigenvalue weighted by molar-refractivity contribution is -0.129. The maximum Gasteiger partial charge on any atom is 0.274 e. The Bertz CT molecular complexity index is 464. The Morgan fingerprint density at radius 1 is 1.45 bits per heavy atom. The van der Waals surface area contributed by atoms with E-state index in [2.05, 4.69) is 5.10 Å². The molecule has 112 valence electrons. The van der Waals surface area contributed by atoms with E-state index in [-0.39, 0.29) is 29.7 Å². The summed E-state index contributed by atoms with van der Waals surface area (Å²) in [5.74, 6) is -0.509. The number of nitrogen functional groups attached to an aromatic ring is 1. The van der Waals surface area contributed by atoms with Crippen molar-refractivity contribution in [2.24, 2.45) is 7.05 Å². The topological polar surface area (TPSA) is 93.7 Å². The van der Waals surface area contributed by atoms with Crippen LogP contribution < -0.4 is 5.73 Å². The number of nitrogens with zero attached hydrogens (tertiary/aromatic N) is 4. The summed E-state index contributed by atoms with van der Waals surface area (Å²) in [6.45, 7) is 0.615. The third kappa shape index (κ3) is 3.70. The Morgan fingerprint density at radius 3 is 2.55 bits per heavy atom. The van der Waals surface area contributed by atoms with Gasteiger partial charge in [0.05, 0.1) is 18.5 Å². The van der Waals surface area contributed by atoms with Gasteiger partial charge in [-0.15, -0.1) is 0 Å². The Labute approximate surface area is 118 Å². The third-order valence-corrected chi connectivity index (χ3v) is 2.85. The fraction of sp³-hybridized carbons (Fsp3) is 0.583. The van der Waals surface area contributed by atoms with Crippen molar-refractivity contribution in [2.45, 2.75) is 0 Å². The molecule has 0 radical (unpaired) electrons. The van der Waals surface area contributed by atoms with Crippen molar-refractivity contribution in [3.05, 3.63) is 11.9 Å². The van der Waals surface area contributed by atoms with Crippen LogP contribution in [0, 0.1) is 0 Å². The standard InChI is InChI=1S/C12H21N5O3/c1-15(2)10(18)8-17(5-6-20-4)12(19)11-9(13)7-14-16(11)3/h7H,5-6,8,13H2,1-4H3. The molecule has 1 heterocycles. The van der Waals surface area contributed by atoms with Gasteiger partial charge in [-0.05, 0) is 0 Å². The Morgan fingerprint density at radius 2 is 2.10 bits per heavy atom. The maximum atomic E-state index is 12.5. The van der Waals surface area contributed by atoms with Crippen LogP contribution in [-0.2, 0) is 16.6 Å². The van der Waals surface area contributed by atoms with Crippen molar-refractivity contribution in [2.75, 3.05) is 46.6 Å². The Kier molecular flexibility index (Phi) is 5.51. The van der Waals surface area contributed by atoms with Crippen molar-refractivity contribution in [1.82, 2.24) is 19.6 Å². The number of aryl methyl sites for hydroxylation is 1. The maximum absolute atomic E-state index is 12.5. The number of hydrogen-bond donors (Lipinski definition) is 1. The van der Waals surface area contributed by atoms with Gasteiger partial charge in [0.25, 0.3) is 5.91 Å². The average molecular weight is 283 g/mol. The number of amides is 2. The van der Waals surface area contributed by atoms with E-state index in [1.807, 2.05) is 0 Å². The first-order chi connectivity index (χ1) is 9.38. The first-order valence-corrected chi connectivity index (χ1v) is 6.14. The van der Waals surface area contributed by atoms with E-state index in [4.69, 9.17) is 10.5 Å². The van der Waals surface area contributed by atoms with Gasteiger partial charge >= 0.3 is 0 Å². The summed E-state index contributed by atoms with van der Waals surface area (Å²) in [7, 11) is 6.44. The largest absolute Gasteiger partial charge is 0.396 e. The molecule has 0 saturated heterocycles. The van der Waals surface area contributed by atoms with E-state index < -0.39 is 0 Å². The number of ether oxygens (including phenoxy) is 1. The van der Waals surface area contributed by atoms with Crippen LogP contribution in [-0.4, -0.2) is 72.3 Å². The molecule has 0 unspecified atom stereocenters. The first kappa shape index (κ1) is 16.0. The lowest BCUT2D eigenvalue weighted by Gasteiger charge is -2.23. The van der Waals surface area contributed by atoms with Crippen LogP contribution in [0.15, 0.2) is 6.20 Å². The summed E-state index contributed by atoms with van der Waals surface area (Å²) < 4.78 is 6.37. The van der Waals surface area contributed by atoms with E-state index in [1.54, 1.807) is 21.1 Å². The van der Waals surface area contributed by atoms with Crippen molar-refractivity contribution < 1.29 is 14.3 Å². The molecule has 8 nitrogen and oxygen atoms in total. The van der Waals surface area contributed by atoms with Crippen molar-refractivity contribution in [1.29, 1.82) is 0 Å². The minimum Gasteiger partial charge on any atom is -0.396 e. The average Bonchev–Trinajstić information content (AvgIpc) is 2.72. The van der Waals surface area contributed by atoms with E-state index in [1.165, 1.54) is 27.8 Å². The number of hydrogen-bond acceptors (Lipinski definition) is 5. The van der Waals surface area contributed by atoms with Gasteiger partial charge in [0.15, 0.2) is 0 Å². The summed E-state index contributed by atoms with van der Waals surface area (Å²) in [4.78, 5) is 27.1. The van der Waals surface area contributed by atoms with Gasteiger partial charge < -0.3 is 20.3 Å². The van der Waals surface area contributed by atoms with Gasteiger partial charge in [-0.3, -0.25) is 14.3 Å². The third-order valence-electron chi connectivity index (χ3n) is 2.85. The molecule has 1 aromatic rings. The van der Waals surface area contributed by atoms with E-state index in [0.29, 0.717) is 13.2 Å². The second kappa shape index (κ2) is 6.90. The van der Waals surface area contributed by atoms with Crippen LogP contribution in [0.3, 0.4) is 0 Å². The lowest BCUT2D eigenvalue weighted by atomic mass is 10.3. The van der Waals surface area contributed by atoms with Crippen LogP contribution in [0.2, 0.25) is 0 Å². The smallest absolute Gasteiger partial charge is 0.274 e. The van der Waals surface area contributed by atoms with Gasteiger partial charge in [-0.2, -0.15) is 5.10 Å². The van der Waals surface area contributed by atoms with Crippen LogP contribution in [0.4, 0.5) is 5.69 Å². The number of nitrogens with two attached hydrogens (primary N) is 1. The van der Waals surface area contributed by atoms with Crippen LogP contribution in [0.25, 0.3) is 0 Å². The van der Waals surface area contributed by atoms with E-state index in [9.17, 15) is 9.59 Å². The second-order valence-corrected chi connectivity index (χ2v) is 4.58. The number of anilines is 1. The molecule has 0 fully saturated rings. The van der Waals surface area contributed by atoms with Gasteiger partial charge in [-0.1, -0.05) is 0 Å². The summed E-state index contributed by atoms with van der Waals surface area (Å²) in [6, 6.07) is 0. The molecule has 20 heavy (non-hydrogen) atoms. The molecule has 0 aliphatic heterocycles. The minimum absolute atomic E-state index is 0.0280. The van der Waals surface area contributed by atoms with Crippen LogP contribution in [0.5, 0.6) is 0 Å². The van der Waals surface area contributed by atoms with Crippen LogP contribution >= 0.6 is 0 Å². The molecule has 0 atom stereocenters. The highest BCUT2D eigenvalue weighted by atomic mass is 16.5. The summed E-state index contributed by atoms with van der Waals surface area (Å²) >= 11 is 0.